The van der Waals surface area contributed by atoms with Crippen LogP contribution in [0.2, 0.25) is 0 Å². The van der Waals surface area contributed by atoms with E-state index in [9.17, 15) is 8.42 Å². The first-order valence-corrected chi connectivity index (χ1v) is 7.38. The highest BCUT2D eigenvalue weighted by Crippen LogP contribution is 2.23. The summed E-state index contributed by atoms with van der Waals surface area (Å²) >= 11 is 0. The molecule has 17 heavy (non-hydrogen) atoms. The van der Waals surface area contributed by atoms with Gasteiger partial charge in [-0.05, 0) is 30.9 Å². The molecule has 1 aliphatic rings. The van der Waals surface area contributed by atoms with Gasteiger partial charge in [-0.2, -0.15) is 0 Å². The molecule has 1 saturated carbocycles. The van der Waals surface area contributed by atoms with Crippen LogP contribution in [-0.4, -0.2) is 21.0 Å². The van der Waals surface area contributed by atoms with Crippen LogP contribution in [0.5, 0.6) is 0 Å². The predicted octanol–water partition coefficient (Wildman–Crippen LogP) is 1.09. The van der Waals surface area contributed by atoms with Crippen molar-refractivity contribution in [3.05, 3.63) is 30.3 Å². The number of sulfonamides is 1. The molecule has 0 heterocycles. The fourth-order valence-corrected chi connectivity index (χ4v) is 3.33. The second-order valence-corrected chi connectivity index (χ2v) is 6.29. The molecule has 1 aliphatic carbocycles. The maximum Gasteiger partial charge on any atom is 0.240 e. The number of hydrogen-bond donors (Lipinski definition) is 2. The number of benzene rings is 1. The van der Waals surface area contributed by atoms with E-state index in [1.807, 2.05) is 0 Å². The first-order valence-electron chi connectivity index (χ1n) is 5.90. The van der Waals surface area contributed by atoms with Crippen molar-refractivity contribution in [3.8, 4) is 0 Å². The lowest BCUT2D eigenvalue weighted by Crippen LogP contribution is -2.35. The van der Waals surface area contributed by atoms with Gasteiger partial charge in [-0.25, -0.2) is 13.1 Å². The lowest BCUT2D eigenvalue weighted by atomic mass is 10.1. The third-order valence-corrected chi connectivity index (χ3v) is 4.75. The zero-order valence-corrected chi connectivity index (χ0v) is 10.5. The summed E-state index contributed by atoms with van der Waals surface area (Å²) in [5, 5.41) is 0. The van der Waals surface area contributed by atoms with Gasteiger partial charge in [-0.1, -0.05) is 24.6 Å². The number of nitrogens with two attached hydrogens (primary N) is 1. The Morgan fingerprint density at radius 1 is 1.24 bits per heavy atom. The van der Waals surface area contributed by atoms with E-state index >= 15 is 0 Å². The normalized spacial score (nSPS) is 25.0. The fourth-order valence-electron chi connectivity index (χ4n) is 2.22. The monoisotopic (exact) mass is 254 g/mol. The third kappa shape index (κ3) is 3.06. The molecule has 1 fully saturated rings. The molecule has 5 heteroatoms. The molecule has 2 unspecified atom stereocenters. The van der Waals surface area contributed by atoms with E-state index < -0.39 is 10.0 Å². The Kier molecular flexibility index (Phi) is 3.81. The highest BCUT2D eigenvalue weighted by molar-refractivity contribution is 7.89. The quantitative estimate of drug-likeness (QED) is 0.845. The van der Waals surface area contributed by atoms with Gasteiger partial charge < -0.3 is 5.73 Å². The van der Waals surface area contributed by atoms with Gasteiger partial charge in [0.25, 0.3) is 0 Å². The molecule has 2 rings (SSSR count). The molecule has 3 N–H and O–H groups in total. The van der Waals surface area contributed by atoms with Crippen LogP contribution >= 0.6 is 0 Å². The number of nitrogens with one attached hydrogen (secondary N) is 1. The van der Waals surface area contributed by atoms with Crippen molar-refractivity contribution >= 4 is 10.0 Å². The van der Waals surface area contributed by atoms with Crippen LogP contribution in [0.4, 0.5) is 0 Å². The van der Waals surface area contributed by atoms with Gasteiger partial charge in [0.05, 0.1) is 4.90 Å². The number of hydrogen-bond acceptors (Lipinski definition) is 3. The molecule has 1 aromatic rings. The van der Waals surface area contributed by atoms with Gasteiger partial charge in [0.15, 0.2) is 0 Å². The van der Waals surface area contributed by atoms with Crippen LogP contribution < -0.4 is 10.5 Å². The maximum absolute atomic E-state index is 11.9. The van der Waals surface area contributed by atoms with Crippen molar-refractivity contribution in [3.63, 3.8) is 0 Å². The van der Waals surface area contributed by atoms with Crippen molar-refractivity contribution in [2.24, 2.45) is 11.7 Å². The predicted molar refractivity (Wildman–Crippen MR) is 66.9 cm³/mol. The van der Waals surface area contributed by atoms with E-state index in [0.717, 1.165) is 19.3 Å². The zero-order valence-electron chi connectivity index (χ0n) is 9.67. The van der Waals surface area contributed by atoms with E-state index in [-0.39, 0.29) is 12.0 Å². The summed E-state index contributed by atoms with van der Waals surface area (Å²) in [6, 6.07) is 8.55. The van der Waals surface area contributed by atoms with E-state index in [1.54, 1.807) is 30.3 Å². The van der Waals surface area contributed by atoms with Gasteiger partial charge in [0, 0.05) is 12.6 Å². The van der Waals surface area contributed by atoms with E-state index in [0.29, 0.717) is 11.4 Å². The van der Waals surface area contributed by atoms with E-state index in [2.05, 4.69) is 4.72 Å². The summed E-state index contributed by atoms with van der Waals surface area (Å²) in [5.41, 5.74) is 5.91. The second-order valence-electron chi connectivity index (χ2n) is 4.52. The molecule has 94 valence electrons. The minimum atomic E-state index is -3.38. The van der Waals surface area contributed by atoms with Gasteiger partial charge in [-0.15, -0.1) is 0 Å². The molecule has 4 nitrogen and oxygen atoms in total. The average molecular weight is 254 g/mol. The van der Waals surface area contributed by atoms with Crippen LogP contribution in [0.3, 0.4) is 0 Å². The second kappa shape index (κ2) is 5.16. The molecular formula is C12H18N2O2S. The molecule has 0 radical (unpaired) electrons. The minimum absolute atomic E-state index is 0.133. The standard InChI is InChI=1S/C12H18N2O2S/c13-12-8-4-5-10(12)9-14-17(15,16)11-6-2-1-3-7-11/h1-3,6-7,10,12,14H,4-5,8-9,13H2. The minimum Gasteiger partial charge on any atom is -0.327 e. The Balaban J connectivity index is 1.99. The summed E-state index contributed by atoms with van der Waals surface area (Å²) in [7, 11) is -3.38. The van der Waals surface area contributed by atoms with Crippen LogP contribution in [0.1, 0.15) is 19.3 Å². The molecule has 0 bridgehead atoms. The smallest absolute Gasteiger partial charge is 0.240 e. The molecular weight excluding hydrogens is 236 g/mol. The van der Waals surface area contributed by atoms with Crippen LogP contribution in [-0.2, 0) is 10.0 Å². The van der Waals surface area contributed by atoms with Crippen molar-refractivity contribution in [2.45, 2.75) is 30.2 Å². The highest BCUT2D eigenvalue weighted by Gasteiger charge is 2.25. The largest absolute Gasteiger partial charge is 0.327 e. The van der Waals surface area contributed by atoms with Crippen LogP contribution in [0, 0.1) is 5.92 Å². The van der Waals surface area contributed by atoms with Crippen molar-refractivity contribution in [2.75, 3.05) is 6.54 Å². The SMILES string of the molecule is NC1CCCC1CNS(=O)(=O)c1ccccc1. The lowest BCUT2D eigenvalue weighted by Gasteiger charge is -2.15. The van der Waals surface area contributed by atoms with Gasteiger partial charge in [0.2, 0.25) is 10.0 Å². The summed E-state index contributed by atoms with van der Waals surface area (Å²) in [6.07, 6.45) is 3.11. The molecule has 1 aromatic carbocycles. The molecule has 2 atom stereocenters. The van der Waals surface area contributed by atoms with Crippen molar-refractivity contribution in [1.29, 1.82) is 0 Å². The summed E-state index contributed by atoms with van der Waals surface area (Å²) in [4.78, 5) is 0.312. The molecule has 0 aliphatic heterocycles. The molecule has 0 saturated heterocycles. The lowest BCUT2D eigenvalue weighted by molar-refractivity contribution is 0.469. The Labute approximate surface area is 102 Å². The van der Waals surface area contributed by atoms with Crippen LogP contribution in [0.15, 0.2) is 35.2 Å². The molecule has 0 aromatic heterocycles. The Morgan fingerprint density at radius 3 is 2.53 bits per heavy atom. The Bertz CT molecular complexity index is 459. The molecule has 0 amide bonds. The Morgan fingerprint density at radius 2 is 1.94 bits per heavy atom. The van der Waals surface area contributed by atoms with Crippen LogP contribution in [0.25, 0.3) is 0 Å². The van der Waals surface area contributed by atoms with E-state index in [4.69, 9.17) is 5.73 Å². The van der Waals surface area contributed by atoms with Gasteiger partial charge >= 0.3 is 0 Å². The van der Waals surface area contributed by atoms with Crippen molar-refractivity contribution in [1.82, 2.24) is 4.72 Å². The molecule has 0 spiro atoms. The summed E-state index contributed by atoms with van der Waals surface area (Å²) < 4.78 is 26.5. The fraction of sp³-hybridized carbons (Fsp3) is 0.500. The Hall–Kier alpha value is -0.910. The third-order valence-electron chi connectivity index (χ3n) is 3.31. The van der Waals surface area contributed by atoms with Crippen molar-refractivity contribution < 1.29 is 8.42 Å². The highest BCUT2D eigenvalue weighted by atomic mass is 32.2. The zero-order chi connectivity index (χ0) is 12.3. The van der Waals surface area contributed by atoms with Gasteiger partial charge in [-0.3, -0.25) is 0 Å². The summed E-state index contributed by atoms with van der Waals surface area (Å²) in [5.74, 6) is 0.272. The number of rotatable bonds is 4. The summed E-state index contributed by atoms with van der Waals surface area (Å²) in [6.45, 7) is 0.443. The maximum atomic E-state index is 11.9. The topological polar surface area (TPSA) is 72.2 Å². The van der Waals surface area contributed by atoms with E-state index in [1.165, 1.54) is 0 Å². The first kappa shape index (κ1) is 12.5. The first-order chi connectivity index (χ1) is 8.09. The van der Waals surface area contributed by atoms with Gasteiger partial charge in [0.1, 0.15) is 0 Å². The average Bonchev–Trinajstić information content (AvgIpc) is 2.74.